The van der Waals surface area contributed by atoms with Crippen molar-refractivity contribution in [3.63, 3.8) is 0 Å². The van der Waals surface area contributed by atoms with E-state index in [1.54, 1.807) is 0 Å². The molecule has 0 aliphatic heterocycles. The van der Waals surface area contributed by atoms with Crippen molar-refractivity contribution in [1.82, 2.24) is 0 Å². The van der Waals surface area contributed by atoms with Crippen molar-refractivity contribution in [3.05, 3.63) is 22.4 Å². The second-order valence-corrected chi connectivity index (χ2v) is 4.99. The summed E-state index contributed by atoms with van der Waals surface area (Å²) in [5.74, 6) is -0.317. The maximum absolute atomic E-state index is 12.0. The third-order valence-corrected chi connectivity index (χ3v) is 3.63. The van der Waals surface area contributed by atoms with E-state index < -0.39 is 5.92 Å². The monoisotopic (exact) mass is 221 g/mol. The number of rotatable bonds is 4. The quantitative estimate of drug-likeness (QED) is 0.783. The van der Waals surface area contributed by atoms with E-state index in [1.807, 2.05) is 38.3 Å². The molecule has 0 saturated heterocycles. The smallest absolute Gasteiger partial charge is 0.158 e. The van der Waals surface area contributed by atoms with Gasteiger partial charge in [0, 0.05) is 10.8 Å². The highest BCUT2D eigenvalue weighted by Gasteiger charge is 2.27. The van der Waals surface area contributed by atoms with Gasteiger partial charge in [-0.2, -0.15) is 5.26 Å². The average molecular weight is 221 g/mol. The highest BCUT2D eigenvalue weighted by Crippen LogP contribution is 2.26. The molecule has 0 bridgehead atoms. The van der Waals surface area contributed by atoms with Crippen LogP contribution >= 0.6 is 11.3 Å². The summed E-state index contributed by atoms with van der Waals surface area (Å²) < 4.78 is 0. The van der Waals surface area contributed by atoms with Crippen LogP contribution in [-0.2, 0) is 4.79 Å². The van der Waals surface area contributed by atoms with E-state index in [2.05, 4.69) is 6.07 Å². The third kappa shape index (κ3) is 2.66. The fourth-order valence-corrected chi connectivity index (χ4v) is 2.09. The maximum Gasteiger partial charge on any atom is 0.158 e. The number of ketones is 1. The first-order valence-corrected chi connectivity index (χ1v) is 5.92. The van der Waals surface area contributed by atoms with Gasteiger partial charge in [0.2, 0.25) is 0 Å². The van der Waals surface area contributed by atoms with E-state index in [9.17, 15) is 4.79 Å². The zero-order chi connectivity index (χ0) is 11.4. The van der Waals surface area contributed by atoms with Crippen LogP contribution in [0.1, 0.15) is 31.6 Å². The highest BCUT2D eigenvalue weighted by atomic mass is 32.1. The van der Waals surface area contributed by atoms with Gasteiger partial charge in [-0.3, -0.25) is 4.79 Å². The standard InChI is InChI=1S/C12H15NOS/c1-8(2)9(3)12(14)10(7-13)11-5-4-6-15-11/h4-6,8-10H,1-3H3. The van der Waals surface area contributed by atoms with Gasteiger partial charge in [-0.15, -0.1) is 11.3 Å². The number of hydrogen-bond donors (Lipinski definition) is 0. The summed E-state index contributed by atoms with van der Waals surface area (Å²) in [4.78, 5) is 12.9. The van der Waals surface area contributed by atoms with E-state index in [-0.39, 0.29) is 17.6 Å². The molecule has 0 aromatic carbocycles. The van der Waals surface area contributed by atoms with E-state index in [4.69, 9.17) is 5.26 Å². The molecule has 1 rings (SSSR count). The lowest BCUT2D eigenvalue weighted by Gasteiger charge is -2.16. The molecule has 3 heteroatoms. The highest BCUT2D eigenvalue weighted by molar-refractivity contribution is 7.10. The summed E-state index contributed by atoms with van der Waals surface area (Å²) in [5.41, 5.74) is 0. The number of carbonyl (C=O) groups is 1. The number of thiophene rings is 1. The van der Waals surface area contributed by atoms with Crippen molar-refractivity contribution >= 4 is 17.1 Å². The van der Waals surface area contributed by atoms with Crippen LogP contribution in [-0.4, -0.2) is 5.78 Å². The van der Waals surface area contributed by atoms with Crippen LogP contribution in [0.4, 0.5) is 0 Å². The van der Waals surface area contributed by atoms with Crippen molar-refractivity contribution in [1.29, 1.82) is 5.26 Å². The molecule has 1 aromatic heterocycles. The maximum atomic E-state index is 12.0. The van der Waals surface area contributed by atoms with Gasteiger partial charge in [-0.1, -0.05) is 26.8 Å². The minimum absolute atomic E-state index is 0.0370. The first-order chi connectivity index (χ1) is 7.07. The van der Waals surface area contributed by atoms with Crippen LogP contribution in [0, 0.1) is 23.2 Å². The Morgan fingerprint density at radius 1 is 1.47 bits per heavy atom. The van der Waals surface area contributed by atoms with E-state index >= 15 is 0 Å². The average Bonchev–Trinajstić information content (AvgIpc) is 2.70. The van der Waals surface area contributed by atoms with E-state index in [0.717, 1.165) is 4.88 Å². The van der Waals surface area contributed by atoms with Crippen molar-refractivity contribution < 1.29 is 4.79 Å². The topological polar surface area (TPSA) is 40.9 Å². The predicted octanol–water partition coefficient (Wildman–Crippen LogP) is 3.22. The zero-order valence-corrected chi connectivity index (χ0v) is 10.0. The zero-order valence-electron chi connectivity index (χ0n) is 9.23. The van der Waals surface area contributed by atoms with Crippen LogP contribution in [0.25, 0.3) is 0 Å². The molecule has 0 radical (unpaired) electrons. The van der Waals surface area contributed by atoms with Crippen LogP contribution in [0.15, 0.2) is 17.5 Å². The molecule has 1 aromatic rings. The van der Waals surface area contributed by atoms with Gasteiger partial charge in [0.15, 0.2) is 5.78 Å². The first-order valence-electron chi connectivity index (χ1n) is 5.04. The van der Waals surface area contributed by atoms with Crippen molar-refractivity contribution in [2.24, 2.45) is 11.8 Å². The Morgan fingerprint density at radius 2 is 2.13 bits per heavy atom. The summed E-state index contributed by atoms with van der Waals surface area (Å²) in [7, 11) is 0. The second-order valence-electron chi connectivity index (χ2n) is 4.01. The minimum atomic E-state index is -0.581. The van der Waals surface area contributed by atoms with Crippen molar-refractivity contribution in [2.45, 2.75) is 26.7 Å². The van der Waals surface area contributed by atoms with Crippen LogP contribution < -0.4 is 0 Å². The molecule has 2 unspecified atom stereocenters. The minimum Gasteiger partial charge on any atom is -0.297 e. The van der Waals surface area contributed by atoms with Crippen LogP contribution in [0.2, 0.25) is 0 Å². The molecule has 0 fully saturated rings. The molecule has 0 amide bonds. The summed E-state index contributed by atoms with van der Waals surface area (Å²) in [6, 6.07) is 5.82. The Morgan fingerprint density at radius 3 is 2.53 bits per heavy atom. The molecule has 1 heterocycles. The summed E-state index contributed by atoms with van der Waals surface area (Å²) >= 11 is 1.47. The molecule has 0 saturated carbocycles. The Labute approximate surface area is 94.5 Å². The number of hydrogen-bond acceptors (Lipinski definition) is 3. The van der Waals surface area contributed by atoms with Gasteiger partial charge in [-0.05, 0) is 17.4 Å². The lowest BCUT2D eigenvalue weighted by atomic mass is 9.86. The Bertz CT molecular complexity index is 361. The molecular weight excluding hydrogens is 206 g/mol. The number of carbonyl (C=O) groups excluding carboxylic acids is 1. The van der Waals surface area contributed by atoms with Crippen molar-refractivity contribution in [2.75, 3.05) is 0 Å². The molecule has 0 aliphatic rings. The van der Waals surface area contributed by atoms with Crippen LogP contribution in [0.3, 0.4) is 0 Å². The largest absolute Gasteiger partial charge is 0.297 e. The predicted molar refractivity (Wildman–Crippen MR) is 61.7 cm³/mol. The van der Waals surface area contributed by atoms with Gasteiger partial charge in [0.05, 0.1) is 6.07 Å². The fraction of sp³-hybridized carbons (Fsp3) is 0.500. The fourth-order valence-electron chi connectivity index (χ4n) is 1.31. The number of nitrogens with zero attached hydrogens (tertiary/aromatic N) is 1. The van der Waals surface area contributed by atoms with E-state index in [1.165, 1.54) is 11.3 Å². The molecule has 0 aliphatic carbocycles. The second kappa shape index (κ2) is 5.09. The summed E-state index contributed by atoms with van der Waals surface area (Å²) in [5, 5.41) is 10.9. The number of nitriles is 1. The van der Waals surface area contributed by atoms with Gasteiger partial charge in [-0.25, -0.2) is 0 Å². The van der Waals surface area contributed by atoms with Crippen molar-refractivity contribution in [3.8, 4) is 6.07 Å². The molecule has 0 spiro atoms. The molecule has 0 N–H and O–H groups in total. The molecule has 2 nitrogen and oxygen atoms in total. The molecule has 15 heavy (non-hydrogen) atoms. The SMILES string of the molecule is CC(C)C(C)C(=O)C(C#N)c1cccs1. The molecular formula is C12H15NOS. The van der Waals surface area contributed by atoms with Gasteiger partial charge >= 0.3 is 0 Å². The summed E-state index contributed by atoms with van der Waals surface area (Å²) in [6.07, 6.45) is 0. The molecule has 80 valence electrons. The summed E-state index contributed by atoms with van der Waals surface area (Å²) in [6.45, 7) is 5.90. The Kier molecular flexibility index (Phi) is 4.05. The lowest BCUT2D eigenvalue weighted by Crippen LogP contribution is -2.22. The van der Waals surface area contributed by atoms with Gasteiger partial charge in [0.25, 0.3) is 0 Å². The van der Waals surface area contributed by atoms with Gasteiger partial charge in [0.1, 0.15) is 5.92 Å². The van der Waals surface area contributed by atoms with Crippen LogP contribution in [0.5, 0.6) is 0 Å². The van der Waals surface area contributed by atoms with E-state index in [0.29, 0.717) is 0 Å². The third-order valence-electron chi connectivity index (χ3n) is 2.69. The number of Topliss-reactive ketones (excluding diaryl/α,β-unsaturated/α-hetero) is 1. The lowest BCUT2D eigenvalue weighted by molar-refractivity contribution is -0.123. The Balaban J connectivity index is 2.86. The molecule has 2 atom stereocenters. The first kappa shape index (κ1) is 11.9. The van der Waals surface area contributed by atoms with Gasteiger partial charge < -0.3 is 0 Å². The normalized spacial score (nSPS) is 14.6. The Hall–Kier alpha value is -1.14.